The number of carbonyl (C=O) groups is 1. The van der Waals surface area contributed by atoms with E-state index in [2.05, 4.69) is 22.6 Å². The average Bonchev–Trinajstić information content (AvgIpc) is 1.89. The minimum atomic E-state index is -0.607. The van der Waals surface area contributed by atoms with Gasteiger partial charge in [-0.3, -0.25) is 0 Å². The Kier molecular flexibility index (Phi) is 4.16. The molecule has 0 aliphatic rings. The maximum absolute atomic E-state index is 10.2. The molecule has 4 heteroatoms. The highest BCUT2D eigenvalue weighted by Crippen LogP contribution is 1.71. The summed E-state index contributed by atoms with van der Waals surface area (Å²) >= 11 is 0. The third-order valence-corrected chi connectivity index (χ3v) is 0.550. The molecule has 0 aliphatic carbocycles. The van der Waals surface area contributed by atoms with Crippen LogP contribution < -0.4 is 11.2 Å². The van der Waals surface area contributed by atoms with Crippen LogP contribution in [0.1, 0.15) is 0 Å². The van der Waals surface area contributed by atoms with Crippen LogP contribution in [0.15, 0.2) is 25.1 Å². The van der Waals surface area contributed by atoms with Gasteiger partial charge in [-0.05, 0) is 6.20 Å². The van der Waals surface area contributed by atoms with E-state index in [1.807, 2.05) is 0 Å². The van der Waals surface area contributed by atoms with Crippen LogP contribution >= 0.6 is 0 Å². The molecule has 0 saturated heterocycles. The van der Waals surface area contributed by atoms with Crippen molar-refractivity contribution in [3.05, 3.63) is 25.1 Å². The highest BCUT2D eigenvalue weighted by molar-refractivity contribution is 5.81. The number of nitrogens with one attached hydrogen (secondary N) is 1. The van der Waals surface area contributed by atoms with E-state index in [9.17, 15) is 4.79 Å². The summed E-state index contributed by atoms with van der Waals surface area (Å²) in [7, 11) is 0. The van der Waals surface area contributed by atoms with E-state index in [0.717, 1.165) is 6.08 Å². The van der Waals surface area contributed by atoms with E-state index in [1.54, 1.807) is 0 Å². The molecule has 0 radical (unpaired) electrons. The van der Waals surface area contributed by atoms with Gasteiger partial charge >= 0.3 is 5.97 Å². The Hall–Kier alpha value is -1.29. The molecule has 0 aromatic heterocycles. The summed E-state index contributed by atoms with van der Waals surface area (Å²) < 4.78 is 0. The van der Waals surface area contributed by atoms with Crippen LogP contribution in [0.4, 0.5) is 0 Å². The standard InChI is InChI=1S/C5H8N2O2/c1-2-7-4-3-5(8)9-6/h2-4,7H,1,6H2/b4-3+. The number of carbonyl (C=O) groups excluding carboxylic acids is 1. The molecule has 0 fully saturated rings. The second-order valence-corrected chi connectivity index (χ2v) is 1.14. The Bertz CT molecular complexity index is 131. The van der Waals surface area contributed by atoms with E-state index in [4.69, 9.17) is 0 Å². The number of hydrogen-bond acceptors (Lipinski definition) is 4. The Morgan fingerprint density at radius 2 is 2.44 bits per heavy atom. The van der Waals surface area contributed by atoms with Crippen molar-refractivity contribution in [2.24, 2.45) is 5.90 Å². The second-order valence-electron chi connectivity index (χ2n) is 1.14. The molecule has 0 bridgehead atoms. The van der Waals surface area contributed by atoms with Gasteiger partial charge in [-0.25, -0.2) is 4.79 Å². The van der Waals surface area contributed by atoms with Crippen molar-refractivity contribution in [1.82, 2.24) is 5.32 Å². The van der Waals surface area contributed by atoms with Crippen molar-refractivity contribution in [3.8, 4) is 0 Å². The summed E-state index contributed by atoms with van der Waals surface area (Å²) in [5.41, 5.74) is 0. The second kappa shape index (κ2) is 4.86. The smallest absolute Gasteiger partial charge is 0.350 e. The SMILES string of the molecule is C=CN/C=C/C(=O)ON. The van der Waals surface area contributed by atoms with Crippen LogP contribution in [0.5, 0.6) is 0 Å². The average molecular weight is 128 g/mol. The predicted octanol–water partition coefficient (Wildman–Crippen LogP) is -0.350. The van der Waals surface area contributed by atoms with Crippen LogP contribution in [-0.2, 0) is 9.63 Å². The van der Waals surface area contributed by atoms with Gasteiger partial charge in [-0.15, -0.1) is 0 Å². The first-order valence-electron chi connectivity index (χ1n) is 2.25. The lowest BCUT2D eigenvalue weighted by molar-refractivity contribution is -0.138. The number of rotatable bonds is 3. The Balaban J connectivity index is 3.43. The van der Waals surface area contributed by atoms with Crippen molar-refractivity contribution in [2.75, 3.05) is 0 Å². The van der Waals surface area contributed by atoms with Crippen molar-refractivity contribution in [1.29, 1.82) is 0 Å². The molecule has 9 heavy (non-hydrogen) atoms. The fraction of sp³-hybridized carbons (Fsp3) is 0. The summed E-state index contributed by atoms with van der Waals surface area (Å²) in [6, 6.07) is 0. The minimum Gasteiger partial charge on any atom is -0.370 e. The third-order valence-electron chi connectivity index (χ3n) is 0.550. The topological polar surface area (TPSA) is 64.3 Å². The summed E-state index contributed by atoms with van der Waals surface area (Å²) in [5.74, 6) is 3.89. The molecule has 0 saturated carbocycles. The van der Waals surface area contributed by atoms with Crippen LogP contribution in [0.2, 0.25) is 0 Å². The van der Waals surface area contributed by atoms with Gasteiger partial charge < -0.3 is 10.2 Å². The first-order valence-corrected chi connectivity index (χ1v) is 2.25. The lowest BCUT2D eigenvalue weighted by atomic mass is 10.6. The molecule has 0 aliphatic heterocycles. The van der Waals surface area contributed by atoms with E-state index in [0.29, 0.717) is 0 Å². The van der Waals surface area contributed by atoms with Crippen molar-refractivity contribution < 1.29 is 9.63 Å². The summed E-state index contributed by atoms with van der Waals surface area (Å²) in [6.45, 7) is 3.34. The summed E-state index contributed by atoms with van der Waals surface area (Å²) in [6.07, 6.45) is 3.92. The lowest BCUT2D eigenvalue weighted by Crippen LogP contribution is -2.07. The molecular weight excluding hydrogens is 120 g/mol. The summed E-state index contributed by atoms with van der Waals surface area (Å²) in [5, 5.41) is 2.54. The fourth-order valence-electron chi connectivity index (χ4n) is 0.223. The molecule has 0 atom stereocenters. The minimum absolute atomic E-state index is 0.607. The zero-order valence-electron chi connectivity index (χ0n) is 4.83. The Morgan fingerprint density at radius 3 is 2.89 bits per heavy atom. The maximum Gasteiger partial charge on any atom is 0.350 e. The Labute approximate surface area is 52.9 Å². The number of hydrogen-bond donors (Lipinski definition) is 2. The first kappa shape index (κ1) is 7.71. The molecule has 3 N–H and O–H groups in total. The zero-order chi connectivity index (χ0) is 7.11. The highest BCUT2D eigenvalue weighted by atomic mass is 16.7. The van der Waals surface area contributed by atoms with Gasteiger partial charge in [0.2, 0.25) is 0 Å². The molecule has 0 heterocycles. The van der Waals surface area contributed by atoms with Crippen LogP contribution in [0.25, 0.3) is 0 Å². The summed E-state index contributed by atoms with van der Waals surface area (Å²) in [4.78, 5) is 14.0. The molecule has 0 aromatic carbocycles. The van der Waals surface area contributed by atoms with E-state index < -0.39 is 5.97 Å². The van der Waals surface area contributed by atoms with Crippen molar-refractivity contribution >= 4 is 5.97 Å². The van der Waals surface area contributed by atoms with Gasteiger partial charge in [0.05, 0.1) is 0 Å². The monoisotopic (exact) mass is 128 g/mol. The van der Waals surface area contributed by atoms with Gasteiger partial charge in [0, 0.05) is 12.3 Å². The highest BCUT2D eigenvalue weighted by Gasteiger charge is 1.87. The van der Waals surface area contributed by atoms with Gasteiger partial charge in [-0.1, -0.05) is 6.58 Å². The molecule has 50 valence electrons. The molecule has 0 amide bonds. The zero-order valence-corrected chi connectivity index (χ0v) is 4.83. The predicted molar refractivity (Wildman–Crippen MR) is 32.8 cm³/mol. The van der Waals surface area contributed by atoms with E-state index in [1.165, 1.54) is 12.4 Å². The quantitative estimate of drug-likeness (QED) is 0.403. The normalized spacial score (nSPS) is 9.00. The van der Waals surface area contributed by atoms with Gasteiger partial charge in [-0.2, -0.15) is 5.90 Å². The van der Waals surface area contributed by atoms with Crippen molar-refractivity contribution in [3.63, 3.8) is 0 Å². The van der Waals surface area contributed by atoms with E-state index in [-0.39, 0.29) is 0 Å². The molecular formula is C5H8N2O2. The molecule has 0 unspecified atom stereocenters. The van der Waals surface area contributed by atoms with Gasteiger partial charge in [0.1, 0.15) is 0 Å². The molecule has 0 aromatic rings. The van der Waals surface area contributed by atoms with Gasteiger partial charge in [0.25, 0.3) is 0 Å². The van der Waals surface area contributed by atoms with Crippen LogP contribution in [0.3, 0.4) is 0 Å². The largest absolute Gasteiger partial charge is 0.370 e. The fourth-order valence-corrected chi connectivity index (χ4v) is 0.223. The van der Waals surface area contributed by atoms with Gasteiger partial charge in [0.15, 0.2) is 0 Å². The lowest BCUT2D eigenvalue weighted by Gasteiger charge is -1.87. The first-order chi connectivity index (χ1) is 4.31. The van der Waals surface area contributed by atoms with Crippen LogP contribution in [0, 0.1) is 0 Å². The molecule has 4 nitrogen and oxygen atoms in total. The molecule has 0 spiro atoms. The third kappa shape index (κ3) is 4.57. The number of nitrogens with two attached hydrogens (primary N) is 1. The van der Waals surface area contributed by atoms with Crippen molar-refractivity contribution in [2.45, 2.75) is 0 Å². The van der Waals surface area contributed by atoms with Crippen LogP contribution in [-0.4, -0.2) is 5.97 Å². The maximum atomic E-state index is 10.2. The Morgan fingerprint density at radius 1 is 1.78 bits per heavy atom. The molecule has 0 rings (SSSR count). The van der Waals surface area contributed by atoms with E-state index >= 15 is 0 Å².